The Kier molecular flexibility index (Phi) is 8.69. The second-order valence-corrected chi connectivity index (χ2v) is 8.34. The number of anilines is 1. The van der Waals surface area contributed by atoms with Gasteiger partial charge in [0, 0.05) is 11.6 Å². The van der Waals surface area contributed by atoms with Gasteiger partial charge in [0.2, 0.25) is 5.91 Å². The Balaban J connectivity index is 2.03. The van der Waals surface area contributed by atoms with Gasteiger partial charge in [-0.25, -0.2) is 4.39 Å². The largest absolute Gasteiger partial charge is 0.493 e. The zero-order valence-electron chi connectivity index (χ0n) is 19.6. The van der Waals surface area contributed by atoms with Crippen molar-refractivity contribution in [2.24, 2.45) is 0 Å². The van der Waals surface area contributed by atoms with Gasteiger partial charge in [0.15, 0.2) is 11.5 Å². The van der Waals surface area contributed by atoms with E-state index in [1.165, 1.54) is 31.3 Å². The first-order chi connectivity index (χ1) is 16.0. The monoisotopic (exact) mass is 456 g/mol. The van der Waals surface area contributed by atoms with Crippen LogP contribution in [0.4, 0.5) is 10.1 Å². The van der Waals surface area contributed by atoms with Gasteiger partial charge in [-0.05, 0) is 49.6 Å². The summed E-state index contributed by atoms with van der Waals surface area (Å²) >= 11 is 0. The number of carbonyl (C=O) groups is 2. The number of hydrogen-bond donors (Lipinski definition) is 1. The molecule has 33 heavy (non-hydrogen) atoms. The summed E-state index contributed by atoms with van der Waals surface area (Å²) < 4.78 is 25.6. The molecule has 2 aromatic rings. The highest BCUT2D eigenvalue weighted by atomic mass is 19.1. The second-order valence-electron chi connectivity index (χ2n) is 8.34. The number of hydrogen-bond acceptors (Lipinski definition) is 4. The van der Waals surface area contributed by atoms with Crippen LogP contribution in [0.3, 0.4) is 0 Å². The first kappa shape index (κ1) is 24.6. The molecule has 3 rings (SSSR count). The average Bonchev–Trinajstić information content (AvgIpc) is 3.34. The molecule has 6 nitrogen and oxygen atoms in total. The molecule has 0 unspecified atom stereocenters. The van der Waals surface area contributed by atoms with Gasteiger partial charge in [0.05, 0.1) is 19.9 Å². The van der Waals surface area contributed by atoms with Crippen LogP contribution in [0.25, 0.3) is 0 Å². The number of benzene rings is 2. The van der Waals surface area contributed by atoms with Crippen molar-refractivity contribution in [1.82, 2.24) is 5.32 Å². The lowest BCUT2D eigenvalue weighted by Gasteiger charge is -2.32. The van der Waals surface area contributed by atoms with Crippen LogP contribution >= 0.6 is 0 Å². The topological polar surface area (TPSA) is 67.9 Å². The zero-order chi connectivity index (χ0) is 23.8. The summed E-state index contributed by atoms with van der Waals surface area (Å²) in [7, 11) is 3.00. The minimum absolute atomic E-state index is 0.0833. The van der Waals surface area contributed by atoms with Crippen molar-refractivity contribution < 1.29 is 23.5 Å². The Morgan fingerprint density at radius 2 is 1.79 bits per heavy atom. The fraction of sp³-hybridized carbons (Fsp3) is 0.462. The first-order valence-corrected chi connectivity index (χ1v) is 11.6. The molecule has 1 aliphatic rings. The van der Waals surface area contributed by atoms with Crippen molar-refractivity contribution in [1.29, 1.82) is 0 Å². The number of unbranched alkanes of at least 4 members (excludes halogenated alkanes) is 1. The van der Waals surface area contributed by atoms with Crippen molar-refractivity contribution in [3.63, 3.8) is 0 Å². The number of nitrogens with one attached hydrogen (secondary N) is 1. The van der Waals surface area contributed by atoms with Crippen molar-refractivity contribution in [3.8, 4) is 11.5 Å². The minimum Gasteiger partial charge on any atom is -0.493 e. The molecule has 0 bridgehead atoms. The molecule has 0 spiro atoms. The van der Waals surface area contributed by atoms with Crippen LogP contribution in [0.2, 0.25) is 0 Å². The van der Waals surface area contributed by atoms with Gasteiger partial charge in [-0.3, -0.25) is 14.5 Å². The number of para-hydroxylation sites is 1. The standard InChI is InChI=1S/C26H33FN2O4/c1-4-5-13-22(25(30)28-19-10-6-7-11-19)29(21-14-9-8-12-20(21)27)26(31)18-15-16-23(32-2)24(17-18)33-3/h8-9,12,14-17,19,22H,4-7,10-11,13H2,1-3H3,(H,28,30)/t22-/m1/s1. The fourth-order valence-corrected chi connectivity index (χ4v) is 4.32. The molecular formula is C26H33FN2O4. The lowest BCUT2D eigenvalue weighted by Crippen LogP contribution is -2.52. The third kappa shape index (κ3) is 5.83. The molecule has 2 aromatic carbocycles. The van der Waals surface area contributed by atoms with Gasteiger partial charge in [-0.15, -0.1) is 0 Å². The van der Waals surface area contributed by atoms with Crippen LogP contribution in [0.5, 0.6) is 11.5 Å². The molecule has 0 aliphatic heterocycles. The van der Waals surface area contributed by atoms with E-state index in [0.717, 1.165) is 38.5 Å². The van der Waals surface area contributed by atoms with E-state index in [4.69, 9.17) is 9.47 Å². The van der Waals surface area contributed by atoms with Gasteiger partial charge in [0.1, 0.15) is 11.9 Å². The molecule has 1 atom stereocenters. The van der Waals surface area contributed by atoms with Crippen LogP contribution < -0.4 is 19.7 Å². The number of ether oxygens (including phenoxy) is 2. The third-order valence-corrected chi connectivity index (χ3v) is 6.11. The van der Waals surface area contributed by atoms with Gasteiger partial charge in [0.25, 0.3) is 5.91 Å². The van der Waals surface area contributed by atoms with Crippen molar-refractivity contribution in [3.05, 3.63) is 53.8 Å². The maximum absolute atomic E-state index is 15.0. The summed E-state index contributed by atoms with van der Waals surface area (Å²) in [6, 6.07) is 10.1. The van der Waals surface area contributed by atoms with E-state index in [0.29, 0.717) is 17.9 Å². The average molecular weight is 457 g/mol. The molecule has 7 heteroatoms. The highest BCUT2D eigenvalue weighted by molar-refractivity contribution is 6.10. The summed E-state index contributed by atoms with van der Waals surface area (Å²) in [4.78, 5) is 28.5. The van der Waals surface area contributed by atoms with E-state index in [9.17, 15) is 14.0 Å². The van der Waals surface area contributed by atoms with E-state index in [1.54, 1.807) is 30.3 Å². The van der Waals surface area contributed by atoms with Crippen LogP contribution in [-0.2, 0) is 4.79 Å². The summed E-state index contributed by atoms with van der Waals surface area (Å²) in [5.41, 5.74) is 0.367. The maximum atomic E-state index is 15.0. The molecular weight excluding hydrogens is 423 g/mol. The lowest BCUT2D eigenvalue weighted by molar-refractivity contribution is -0.123. The van der Waals surface area contributed by atoms with Crippen LogP contribution in [0.15, 0.2) is 42.5 Å². The Bertz CT molecular complexity index is 959. The van der Waals surface area contributed by atoms with Gasteiger partial charge < -0.3 is 14.8 Å². The zero-order valence-corrected chi connectivity index (χ0v) is 19.6. The number of carbonyl (C=O) groups excluding carboxylic acids is 2. The van der Waals surface area contributed by atoms with Gasteiger partial charge >= 0.3 is 0 Å². The quantitative estimate of drug-likeness (QED) is 0.540. The Hall–Kier alpha value is -3.09. The summed E-state index contributed by atoms with van der Waals surface area (Å²) in [6.45, 7) is 2.02. The SMILES string of the molecule is CCCC[C@H](C(=O)NC1CCCC1)N(C(=O)c1ccc(OC)c(OC)c1)c1ccccc1F. The van der Waals surface area contributed by atoms with E-state index < -0.39 is 17.8 Å². The summed E-state index contributed by atoms with van der Waals surface area (Å²) in [5, 5.41) is 3.10. The van der Waals surface area contributed by atoms with E-state index in [2.05, 4.69) is 5.32 Å². The third-order valence-electron chi connectivity index (χ3n) is 6.11. The Morgan fingerprint density at radius 3 is 2.42 bits per heavy atom. The maximum Gasteiger partial charge on any atom is 0.259 e. The van der Waals surface area contributed by atoms with E-state index >= 15 is 0 Å². The molecule has 0 heterocycles. The Labute approximate surface area is 195 Å². The molecule has 0 saturated heterocycles. The molecule has 0 radical (unpaired) electrons. The van der Waals surface area contributed by atoms with Gasteiger partial charge in [-0.2, -0.15) is 0 Å². The van der Waals surface area contributed by atoms with Crippen molar-refractivity contribution >= 4 is 17.5 Å². The summed E-state index contributed by atoms with van der Waals surface area (Å²) in [5.74, 6) is -0.400. The van der Waals surface area contributed by atoms with Crippen molar-refractivity contribution in [2.45, 2.75) is 64.0 Å². The molecule has 1 aliphatic carbocycles. The van der Waals surface area contributed by atoms with E-state index in [1.807, 2.05) is 6.92 Å². The number of rotatable bonds is 10. The predicted molar refractivity (Wildman–Crippen MR) is 126 cm³/mol. The van der Waals surface area contributed by atoms with E-state index in [-0.39, 0.29) is 23.2 Å². The smallest absolute Gasteiger partial charge is 0.259 e. The highest BCUT2D eigenvalue weighted by Gasteiger charge is 2.34. The molecule has 178 valence electrons. The van der Waals surface area contributed by atoms with Crippen molar-refractivity contribution in [2.75, 3.05) is 19.1 Å². The number of nitrogens with zero attached hydrogens (tertiary/aromatic N) is 1. The molecule has 1 fully saturated rings. The Morgan fingerprint density at radius 1 is 1.09 bits per heavy atom. The lowest BCUT2D eigenvalue weighted by atomic mass is 10.0. The highest BCUT2D eigenvalue weighted by Crippen LogP contribution is 2.31. The predicted octanol–water partition coefficient (Wildman–Crippen LogP) is 5.11. The number of halogens is 1. The molecule has 2 amide bonds. The number of amides is 2. The van der Waals surface area contributed by atoms with Crippen LogP contribution in [0, 0.1) is 5.82 Å². The second kappa shape index (κ2) is 11.7. The normalized spacial score (nSPS) is 14.5. The molecule has 0 aromatic heterocycles. The molecule has 1 saturated carbocycles. The first-order valence-electron chi connectivity index (χ1n) is 11.6. The van der Waals surface area contributed by atoms with Crippen LogP contribution in [0.1, 0.15) is 62.2 Å². The van der Waals surface area contributed by atoms with Gasteiger partial charge in [-0.1, -0.05) is 44.7 Å². The number of methoxy groups -OCH3 is 2. The minimum atomic E-state index is -0.831. The summed E-state index contributed by atoms with van der Waals surface area (Å²) in [6.07, 6.45) is 6.02. The van der Waals surface area contributed by atoms with Crippen LogP contribution in [-0.4, -0.2) is 38.1 Å². The fourth-order valence-electron chi connectivity index (χ4n) is 4.32. The molecule has 1 N–H and O–H groups in total.